The number of aliphatic hydroxyl groups excluding tert-OH is 1. The summed E-state index contributed by atoms with van der Waals surface area (Å²) in [5, 5.41) is 11.2. The van der Waals surface area contributed by atoms with Gasteiger partial charge in [0.25, 0.3) is 11.7 Å². The van der Waals surface area contributed by atoms with Crippen LogP contribution >= 0.6 is 0 Å². The molecule has 0 aliphatic carbocycles. The fraction of sp³-hybridized carbons (Fsp3) is 0.360. The molecule has 0 radical (unpaired) electrons. The molecule has 2 aromatic carbocycles. The highest BCUT2D eigenvalue weighted by Gasteiger charge is 2.46. The van der Waals surface area contributed by atoms with Crippen molar-refractivity contribution < 1.29 is 33.3 Å². The zero-order valence-corrected chi connectivity index (χ0v) is 19.1. The van der Waals surface area contributed by atoms with E-state index in [-0.39, 0.29) is 29.5 Å². The highest BCUT2D eigenvalue weighted by Crippen LogP contribution is 2.41. The summed E-state index contributed by atoms with van der Waals surface area (Å²) in [6.07, 6.45) is 0.413. The lowest BCUT2D eigenvalue weighted by Gasteiger charge is -2.26. The van der Waals surface area contributed by atoms with Crippen molar-refractivity contribution in [3.05, 3.63) is 65.0 Å². The summed E-state index contributed by atoms with van der Waals surface area (Å²) in [7, 11) is 2.92. The van der Waals surface area contributed by atoms with E-state index in [0.29, 0.717) is 24.3 Å². The molecule has 7 nitrogen and oxygen atoms in total. The van der Waals surface area contributed by atoms with E-state index in [0.717, 1.165) is 6.07 Å². The van der Waals surface area contributed by atoms with Crippen molar-refractivity contribution in [2.24, 2.45) is 0 Å². The van der Waals surface area contributed by atoms with E-state index in [1.165, 1.54) is 24.1 Å². The minimum absolute atomic E-state index is 0.00743. The Bertz CT molecular complexity index is 1060. The van der Waals surface area contributed by atoms with Crippen LogP contribution in [0.4, 0.5) is 4.39 Å². The molecule has 0 saturated carbocycles. The van der Waals surface area contributed by atoms with Gasteiger partial charge in [-0.2, -0.15) is 0 Å². The van der Waals surface area contributed by atoms with Crippen LogP contribution in [0.3, 0.4) is 0 Å². The molecule has 1 aliphatic rings. The van der Waals surface area contributed by atoms with Gasteiger partial charge in [0.1, 0.15) is 23.1 Å². The van der Waals surface area contributed by atoms with Gasteiger partial charge in [-0.25, -0.2) is 4.39 Å². The summed E-state index contributed by atoms with van der Waals surface area (Å²) >= 11 is 0. The SMILES string of the molecule is COCCCN1C(=O)C(=O)/C(=C(/O)c2cc(F)ccc2OC)C1c1cccc(OC(C)C)c1. The van der Waals surface area contributed by atoms with Gasteiger partial charge < -0.3 is 24.2 Å². The van der Waals surface area contributed by atoms with E-state index in [9.17, 15) is 19.1 Å². The van der Waals surface area contributed by atoms with Gasteiger partial charge in [-0.05, 0) is 56.2 Å². The predicted octanol–water partition coefficient (Wildman–Crippen LogP) is 4.08. The Balaban J connectivity index is 2.18. The molecule has 2 aromatic rings. The lowest BCUT2D eigenvalue weighted by atomic mass is 9.94. The smallest absolute Gasteiger partial charge is 0.295 e. The summed E-state index contributed by atoms with van der Waals surface area (Å²) in [5.41, 5.74) is 0.441. The maximum Gasteiger partial charge on any atom is 0.295 e. The number of halogens is 1. The van der Waals surface area contributed by atoms with Gasteiger partial charge in [-0.1, -0.05) is 12.1 Å². The van der Waals surface area contributed by atoms with Gasteiger partial charge in [0.05, 0.1) is 30.4 Å². The van der Waals surface area contributed by atoms with E-state index in [1.807, 2.05) is 13.8 Å². The first-order valence-electron chi connectivity index (χ1n) is 10.7. The number of carbonyl (C=O) groups is 2. The molecule has 0 bridgehead atoms. The number of benzene rings is 2. The van der Waals surface area contributed by atoms with E-state index in [1.54, 1.807) is 31.4 Å². The van der Waals surface area contributed by atoms with Crippen molar-refractivity contribution >= 4 is 17.4 Å². The van der Waals surface area contributed by atoms with Crippen molar-refractivity contribution in [2.45, 2.75) is 32.4 Å². The summed E-state index contributed by atoms with van der Waals surface area (Å²) in [4.78, 5) is 27.5. The normalized spacial score (nSPS) is 17.6. The van der Waals surface area contributed by atoms with E-state index in [4.69, 9.17) is 14.2 Å². The molecule has 1 unspecified atom stereocenters. The molecule has 176 valence electrons. The predicted molar refractivity (Wildman–Crippen MR) is 121 cm³/mol. The summed E-state index contributed by atoms with van der Waals surface area (Å²) in [6.45, 7) is 4.40. The Hall–Kier alpha value is -3.39. The first-order valence-corrected chi connectivity index (χ1v) is 10.7. The molecule has 1 N–H and O–H groups in total. The van der Waals surface area contributed by atoms with Gasteiger partial charge >= 0.3 is 0 Å². The van der Waals surface area contributed by atoms with E-state index < -0.39 is 29.3 Å². The van der Waals surface area contributed by atoms with Crippen LogP contribution in [0.15, 0.2) is 48.0 Å². The molecule has 3 rings (SSSR count). The minimum Gasteiger partial charge on any atom is -0.507 e. The topological polar surface area (TPSA) is 85.3 Å². The third kappa shape index (κ3) is 5.17. The standard InChI is InChI=1S/C25H28FNO6/c1-15(2)33-18-8-5-7-16(13-18)22-21(24(29)25(30)27(22)11-6-12-31-3)23(28)19-14-17(26)9-10-20(19)32-4/h5,7-10,13-15,22,28H,6,11-12H2,1-4H3/b23-21+. The van der Waals surface area contributed by atoms with E-state index in [2.05, 4.69) is 0 Å². The highest BCUT2D eigenvalue weighted by molar-refractivity contribution is 6.46. The monoisotopic (exact) mass is 457 g/mol. The Morgan fingerprint density at radius 3 is 2.58 bits per heavy atom. The Kier molecular flexibility index (Phi) is 7.71. The molecule has 33 heavy (non-hydrogen) atoms. The third-order valence-corrected chi connectivity index (χ3v) is 5.25. The third-order valence-electron chi connectivity index (χ3n) is 5.25. The molecule has 1 atom stereocenters. The number of aliphatic hydroxyl groups is 1. The minimum atomic E-state index is -0.884. The van der Waals surface area contributed by atoms with Crippen LogP contribution in [0.2, 0.25) is 0 Å². The average molecular weight is 457 g/mol. The van der Waals surface area contributed by atoms with Gasteiger partial charge in [-0.3, -0.25) is 9.59 Å². The lowest BCUT2D eigenvalue weighted by molar-refractivity contribution is -0.140. The van der Waals surface area contributed by atoms with Crippen LogP contribution in [0.1, 0.15) is 37.4 Å². The number of amides is 1. The molecular weight excluding hydrogens is 429 g/mol. The van der Waals surface area contributed by atoms with Gasteiger partial charge in [-0.15, -0.1) is 0 Å². The number of carbonyl (C=O) groups excluding carboxylic acids is 2. The lowest BCUT2D eigenvalue weighted by Crippen LogP contribution is -2.31. The molecule has 0 aromatic heterocycles. The largest absolute Gasteiger partial charge is 0.507 e. The quantitative estimate of drug-likeness (QED) is 0.264. The van der Waals surface area contributed by atoms with Crippen molar-refractivity contribution in [1.82, 2.24) is 4.90 Å². The second kappa shape index (κ2) is 10.5. The molecular formula is C25H28FNO6. The van der Waals surface area contributed by atoms with Crippen molar-refractivity contribution in [2.75, 3.05) is 27.4 Å². The molecule has 0 spiro atoms. The summed E-state index contributed by atoms with van der Waals surface area (Å²) in [6, 6.07) is 9.74. The van der Waals surface area contributed by atoms with Crippen LogP contribution in [-0.4, -0.2) is 55.2 Å². The van der Waals surface area contributed by atoms with Crippen LogP contribution in [-0.2, 0) is 14.3 Å². The van der Waals surface area contributed by atoms with Gasteiger partial charge in [0.15, 0.2) is 0 Å². The first-order chi connectivity index (χ1) is 15.8. The van der Waals surface area contributed by atoms with Crippen molar-refractivity contribution in [3.63, 3.8) is 0 Å². The highest BCUT2D eigenvalue weighted by atomic mass is 19.1. The molecule has 1 saturated heterocycles. The maximum absolute atomic E-state index is 14.0. The van der Waals surface area contributed by atoms with Crippen LogP contribution in [0.5, 0.6) is 11.5 Å². The van der Waals surface area contributed by atoms with Gasteiger partial charge in [0.2, 0.25) is 0 Å². The number of ether oxygens (including phenoxy) is 3. The van der Waals surface area contributed by atoms with Crippen molar-refractivity contribution in [3.8, 4) is 11.5 Å². The molecule has 8 heteroatoms. The summed E-state index contributed by atoms with van der Waals surface area (Å²) in [5.74, 6) is -1.97. The fourth-order valence-corrected chi connectivity index (χ4v) is 3.88. The first kappa shape index (κ1) is 24.3. The zero-order chi connectivity index (χ0) is 24.1. The van der Waals surface area contributed by atoms with Crippen LogP contribution in [0, 0.1) is 5.82 Å². The molecule has 1 aliphatic heterocycles. The fourth-order valence-electron chi connectivity index (χ4n) is 3.88. The maximum atomic E-state index is 14.0. The van der Waals surface area contributed by atoms with Crippen molar-refractivity contribution in [1.29, 1.82) is 0 Å². The molecule has 1 fully saturated rings. The van der Waals surface area contributed by atoms with Crippen LogP contribution in [0.25, 0.3) is 5.76 Å². The molecule has 1 amide bonds. The van der Waals surface area contributed by atoms with Crippen LogP contribution < -0.4 is 9.47 Å². The van der Waals surface area contributed by atoms with Gasteiger partial charge in [0, 0.05) is 20.3 Å². The number of hydrogen-bond acceptors (Lipinski definition) is 6. The number of ketones is 1. The molecule has 1 heterocycles. The number of likely N-dealkylation sites (tertiary alicyclic amines) is 1. The second-order valence-electron chi connectivity index (χ2n) is 7.92. The second-order valence-corrected chi connectivity index (χ2v) is 7.92. The number of rotatable bonds is 9. The Morgan fingerprint density at radius 1 is 1.15 bits per heavy atom. The number of methoxy groups -OCH3 is 2. The van der Waals surface area contributed by atoms with E-state index >= 15 is 0 Å². The average Bonchev–Trinajstić information content (AvgIpc) is 3.03. The zero-order valence-electron chi connectivity index (χ0n) is 19.1. The number of Topliss-reactive ketones (excluding diaryl/α,β-unsaturated/α-hetero) is 1. The summed E-state index contributed by atoms with van der Waals surface area (Å²) < 4.78 is 30.1. The number of hydrogen-bond donors (Lipinski definition) is 1. The Morgan fingerprint density at radius 2 is 1.91 bits per heavy atom. The Labute approximate surface area is 192 Å². The number of nitrogens with zero attached hydrogens (tertiary/aromatic N) is 1.